The van der Waals surface area contributed by atoms with Crippen LogP contribution < -0.4 is 5.73 Å². The number of piperidine rings is 1. The van der Waals surface area contributed by atoms with E-state index in [0.717, 1.165) is 32.4 Å². The zero-order valence-electron chi connectivity index (χ0n) is 20.7. The van der Waals surface area contributed by atoms with Crippen LogP contribution in [-0.2, 0) is 4.74 Å². The number of ether oxygens (including phenoxy) is 1. The van der Waals surface area contributed by atoms with Crippen molar-refractivity contribution in [1.82, 2.24) is 14.7 Å². The Balaban J connectivity index is 2.82. The molecule has 1 rings (SSSR count). The maximum Gasteiger partial charge on any atom is 0.290 e. The van der Waals surface area contributed by atoms with Gasteiger partial charge in [-0.1, -0.05) is 27.2 Å². The number of hydrogen-bond donors (Lipinski definition) is 1. The zero-order valence-corrected chi connectivity index (χ0v) is 20.7. The fourth-order valence-electron chi connectivity index (χ4n) is 3.95. The van der Waals surface area contributed by atoms with Crippen molar-refractivity contribution in [2.75, 3.05) is 46.5 Å². The van der Waals surface area contributed by atoms with Gasteiger partial charge in [0.1, 0.15) is 0 Å². The standard InChI is InChI=1S/C23H48N6O/c1-8-11-16-30-22(26-21(5)24)27(7)19-29(18-25-9-2)20(4)17-23(6)12-14-28(10-3)15-13-23/h18,20-21H,8-17,19,24H2,1-7H3/t20-,21?/m0/s1. The normalized spacial score (nSPS) is 19.7. The molecule has 1 aliphatic rings. The van der Waals surface area contributed by atoms with Crippen molar-refractivity contribution < 1.29 is 4.74 Å². The van der Waals surface area contributed by atoms with E-state index in [4.69, 9.17) is 10.5 Å². The molecule has 0 amide bonds. The van der Waals surface area contributed by atoms with E-state index in [1.807, 2.05) is 20.3 Å². The lowest BCUT2D eigenvalue weighted by molar-refractivity contribution is 0.0864. The maximum atomic E-state index is 5.95. The summed E-state index contributed by atoms with van der Waals surface area (Å²) < 4.78 is 5.95. The van der Waals surface area contributed by atoms with Gasteiger partial charge in [0.15, 0.2) is 0 Å². The number of nitrogens with zero attached hydrogens (tertiary/aromatic N) is 5. The molecule has 0 aliphatic carbocycles. The van der Waals surface area contributed by atoms with E-state index < -0.39 is 0 Å². The quantitative estimate of drug-likeness (QED) is 0.224. The molecule has 2 N–H and O–H groups in total. The molecule has 0 bridgehead atoms. The summed E-state index contributed by atoms with van der Waals surface area (Å²) in [6.45, 7) is 18.8. The van der Waals surface area contributed by atoms with Crippen LogP contribution in [0, 0.1) is 5.41 Å². The lowest BCUT2D eigenvalue weighted by Crippen LogP contribution is -2.47. The second-order valence-electron chi connectivity index (χ2n) is 9.12. The number of likely N-dealkylation sites (tertiary alicyclic amines) is 1. The average molecular weight is 425 g/mol. The van der Waals surface area contributed by atoms with E-state index in [2.05, 4.69) is 59.3 Å². The largest absolute Gasteiger partial charge is 0.465 e. The molecule has 1 unspecified atom stereocenters. The number of amidine groups is 1. The summed E-state index contributed by atoms with van der Waals surface area (Å²) in [6, 6.07) is 0.996. The number of nitrogens with two attached hydrogens (primary N) is 1. The Hall–Kier alpha value is -1.34. The third-order valence-corrected chi connectivity index (χ3v) is 6.02. The van der Waals surface area contributed by atoms with E-state index in [9.17, 15) is 0 Å². The predicted molar refractivity (Wildman–Crippen MR) is 129 cm³/mol. The third-order valence-electron chi connectivity index (χ3n) is 6.02. The Kier molecular flexibility index (Phi) is 12.3. The van der Waals surface area contributed by atoms with Crippen LogP contribution in [0.15, 0.2) is 9.98 Å². The highest BCUT2D eigenvalue weighted by molar-refractivity contribution is 5.74. The molecule has 7 heteroatoms. The summed E-state index contributed by atoms with van der Waals surface area (Å²) in [5, 5.41) is 0. The van der Waals surface area contributed by atoms with Crippen LogP contribution in [0.2, 0.25) is 0 Å². The molecule has 0 aromatic rings. The minimum atomic E-state index is -0.290. The van der Waals surface area contributed by atoms with Crippen LogP contribution in [0.5, 0.6) is 0 Å². The van der Waals surface area contributed by atoms with Crippen molar-refractivity contribution in [3.8, 4) is 0 Å². The van der Waals surface area contributed by atoms with Gasteiger partial charge in [-0.3, -0.25) is 4.99 Å². The van der Waals surface area contributed by atoms with Crippen molar-refractivity contribution in [3.63, 3.8) is 0 Å². The van der Waals surface area contributed by atoms with Gasteiger partial charge in [0.2, 0.25) is 0 Å². The van der Waals surface area contributed by atoms with Crippen molar-refractivity contribution in [1.29, 1.82) is 0 Å². The van der Waals surface area contributed by atoms with Gasteiger partial charge in [-0.15, -0.1) is 0 Å². The van der Waals surface area contributed by atoms with Gasteiger partial charge in [-0.25, -0.2) is 4.99 Å². The summed E-state index contributed by atoms with van der Waals surface area (Å²) in [4.78, 5) is 16.0. The van der Waals surface area contributed by atoms with Crippen LogP contribution in [0.25, 0.3) is 0 Å². The first kappa shape index (κ1) is 26.7. The number of rotatable bonds is 12. The first-order valence-electron chi connectivity index (χ1n) is 11.9. The number of aliphatic imine (C=N–C) groups is 2. The van der Waals surface area contributed by atoms with Crippen LogP contribution in [-0.4, -0.2) is 85.8 Å². The maximum absolute atomic E-state index is 5.95. The monoisotopic (exact) mass is 424 g/mol. The number of hydrogen-bond acceptors (Lipinski definition) is 5. The van der Waals surface area contributed by atoms with E-state index in [1.165, 1.54) is 25.9 Å². The second kappa shape index (κ2) is 13.9. The Bertz CT molecular complexity index is 514. The first-order chi connectivity index (χ1) is 14.2. The first-order valence-corrected chi connectivity index (χ1v) is 11.9. The molecule has 0 spiro atoms. The number of unbranched alkanes of at least 4 members (excludes halogenated alkanes) is 1. The van der Waals surface area contributed by atoms with Crippen molar-refractivity contribution >= 4 is 12.4 Å². The summed E-state index contributed by atoms with van der Waals surface area (Å²) in [5.41, 5.74) is 6.31. The summed E-state index contributed by atoms with van der Waals surface area (Å²) >= 11 is 0. The lowest BCUT2D eigenvalue weighted by atomic mass is 9.75. The summed E-state index contributed by atoms with van der Waals surface area (Å²) in [6.07, 6.45) is 7.49. The smallest absolute Gasteiger partial charge is 0.290 e. The minimum absolute atomic E-state index is 0.290. The van der Waals surface area contributed by atoms with Crippen LogP contribution in [0.4, 0.5) is 0 Å². The van der Waals surface area contributed by atoms with E-state index in [0.29, 0.717) is 30.8 Å². The molecule has 0 saturated carbocycles. The molecule has 30 heavy (non-hydrogen) atoms. The predicted octanol–water partition coefficient (Wildman–Crippen LogP) is 3.60. The minimum Gasteiger partial charge on any atom is -0.465 e. The molecule has 0 radical (unpaired) electrons. The van der Waals surface area contributed by atoms with Crippen molar-refractivity contribution in [2.45, 2.75) is 85.9 Å². The molecular formula is C23H48N6O. The highest BCUT2D eigenvalue weighted by Gasteiger charge is 2.32. The van der Waals surface area contributed by atoms with E-state index in [-0.39, 0.29) is 6.17 Å². The molecule has 1 fully saturated rings. The highest BCUT2D eigenvalue weighted by Crippen LogP contribution is 2.36. The van der Waals surface area contributed by atoms with Gasteiger partial charge in [0.25, 0.3) is 6.02 Å². The van der Waals surface area contributed by atoms with Crippen LogP contribution in [0.3, 0.4) is 0 Å². The molecule has 7 nitrogen and oxygen atoms in total. The highest BCUT2D eigenvalue weighted by atomic mass is 16.5. The Morgan fingerprint density at radius 1 is 1.23 bits per heavy atom. The molecule has 176 valence electrons. The van der Waals surface area contributed by atoms with E-state index in [1.54, 1.807) is 0 Å². The molecule has 1 heterocycles. The van der Waals surface area contributed by atoms with Crippen molar-refractivity contribution in [3.05, 3.63) is 0 Å². The van der Waals surface area contributed by atoms with Gasteiger partial charge in [0, 0.05) is 19.6 Å². The molecule has 2 atom stereocenters. The third kappa shape index (κ3) is 9.65. The van der Waals surface area contributed by atoms with Gasteiger partial charge < -0.3 is 25.2 Å². The Labute approximate surface area is 185 Å². The molecule has 0 aromatic carbocycles. The Morgan fingerprint density at radius 2 is 1.90 bits per heavy atom. The molecule has 1 aliphatic heterocycles. The second-order valence-corrected chi connectivity index (χ2v) is 9.12. The molecule has 1 saturated heterocycles. The Morgan fingerprint density at radius 3 is 2.43 bits per heavy atom. The topological polar surface area (TPSA) is 69.7 Å². The lowest BCUT2D eigenvalue weighted by Gasteiger charge is -2.43. The van der Waals surface area contributed by atoms with Gasteiger partial charge >= 0.3 is 0 Å². The fourth-order valence-corrected chi connectivity index (χ4v) is 3.95. The summed E-state index contributed by atoms with van der Waals surface area (Å²) in [5.74, 6) is 0. The van der Waals surface area contributed by atoms with Gasteiger partial charge in [0.05, 0.1) is 25.8 Å². The SMILES string of the molecule is CCCCOC(=NC(C)N)N(C)CN(C=NCC)[C@@H](C)CC1(C)CCN(CC)CC1. The fraction of sp³-hybridized carbons (Fsp3) is 0.913. The van der Waals surface area contributed by atoms with Gasteiger partial charge in [-0.2, -0.15) is 0 Å². The van der Waals surface area contributed by atoms with Crippen LogP contribution >= 0.6 is 0 Å². The zero-order chi connectivity index (χ0) is 22.6. The van der Waals surface area contributed by atoms with Gasteiger partial charge in [-0.05, 0) is 71.5 Å². The average Bonchev–Trinajstić information content (AvgIpc) is 2.70. The summed E-state index contributed by atoms with van der Waals surface area (Å²) in [7, 11) is 2.02. The molecular weight excluding hydrogens is 376 g/mol. The van der Waals surface area contributed by atoms with Crippen molar-refractivity contribution in [2.24, 2.45) is 21.1 Å². The van der Waals surface area contributed by atoms with E-state index >= 15 is 0 Å². The van der Waals surface area contributed by atoms with Crippen LogP contribution in [0.1, 0.15) is 73.6 Å². The molecule has 0 aromatic heterocycles.